The first kappa shape index (κ1) is 17.3. The van der Waals surface area contributed by atoms with Gasteiger partial charge in [0.25, 0.3) is 0 Å². The zero-order valence-corrected chi connectivity index (χ0v) is 14.3. The second-order valence-electron chi connectivity index (χ2n) is 5.56. The molecule has 1 heterocycles. The number of sulfonamides is 1. The number of piperidine rings is 1. The summed E-state index contributed by atoms with van der Waals surface area (Å²) in [6.07, 6.45) is 3.18. The number of benzene rings is 1. The molecule has 0 saturated carbocycles. The summed E-state index contributed by atoms with van der Waals surface area (Å²) in [5.74, 6) is 1.52. The van der Waals surface area contributed by atoms with E-state index in [1.54, 1.807) is 16.1 Å². The van der Waals surface area contributed by atoms with Crippen LogP contribution in [0.1, 0.15) is 12.8 Å². The Labute approximate surface area is 136 Å². The van der Waals surface area contributed by atoms with Crippen molar-refractivity contribution in [2.75, 3.05) is 36.2 Å². The van der Waals surface area contributed by atoms with Gasteiger partial charge in [-0.2, -0.15) is 11.8 Å². The van der Waals surface area contributed by atoms with Gasteiger partial charge in [-0.25, -0.2) is 12.7 Å². The van der Waals surface area contributed by atoms with Crippen LogP contribution in [0.2, 0.25) is 0 Å². The van der Waals surface area contributed by atoms with Gasteiger partial charge in [0, 0.05) is 18.8 Å². The third kappa shape index (κ3) is 5.62. The SMILES string of the molecule is CS(=O)(=O)N1CCC[C@H](CSCC(=O)Nc2ccccc2)C1. The van der Waals surface area contributed by atoms with Gasteiger partial charge in [-0.3, -0.25) is 4.79 Å². The third-order valence-corrected chi connectivity index (χ3v) is 6.04. The lowest BCUT2D eigenvalue weighted by atomic mass is 10.0. The number of carbonyl (C=O) groups excluding carboxylic acids is 1. The van der Waals surface area contributed by atoms with Crippen LogP contribution in [0, 0.1) is 5.92 Å². The molecule has 0 unspecified atom stereocenters. The van der Waals surface area contributed by atoms with E-state index in [2.05, 4.69) is 5.32 Å². The van der Waals surface area contributed by atoms with Gasteiger partial charge in [-0.15, -0.1) is 0 Å². The number of rotatable bonds is 6. The number of hydrogen-bond donors (Lipinski definition) is 1. The molecule has 1 aliphatic heterocycles. The minimum atomic E-state index is -3.10. The fourth-order valence-corrected chi connectivity index (χ4v) is 4.42. The molecule has 122 valence electrons. The summed E-state index contributed by atoms with van der Waals surface area (Å²) in [5.41, 5.74) is 0.800. The van der Waals surface area contributed by atoms with E-state index in [0.29, 0.717) is 24.8 Å². The highest BCUT2D eigenvalue weighted by Gasteiger charge is 2.25. The van der Waals surface area contributed by atoms with Crippen molar-refractivity contribution in [3.05, 3.63) is 30.3 Å². The standard InChI is InChI=1S/C15H22N2O3S2/c1-22(19,20)17-9-5-6-13(10-17)11-21-12-15(18)16-14-7-3-2-4-8-14/h2-4,7-8,13H,5-6,9-12H2,1H3,(H,16,18)/t13-/m0/s1. The molecule has 1 saturated heterocycles. The van der Waals surface area contributed by atoms with Gasteiger partial charge in [0.15, 0.2) is 0 Å². The Hall–Kier alpha value is -1.05. The molecule has 5 nitrogen and oxygen atoms in total. The summed E-state index contributed by atoms with van der Waals surface area (Å²) >= 11 is 1.57. The smallest absolute Gasteiger partial charge is 0.234 e. The van der Waals surface area contributed by atoms with Gasteiger partial charge < -0.3 is 5.32 Å². The number of para-hydroxylation sites is 1. The Bertz CT molecular complexity index is 590. The molecule has 1 amide bonds. The fraction of sp³-hybridized carbons (Fsp3) is 0.533. The van der Waals surface area contributed by atoms with Gasteiger partial charge in [0.05, 0.1) is 12.0 Å². The molecule has 0 spiro atoms. The Morgan fingerprint density at radius 3 is 2.77 bits per heavy atom. The Kier molecular flexibility index (Phi) is 6.28. The molecule has 1 aromatic rings. The topological polar surface area (TPSA) is 66.5 Å². The van der Waals surface area contributed by atoms with Crippen molar-refractivity contribution >= 4 is 33.4 Å². The van der Waals surface area contributed by atoms with Crippen molar-refractivity contribution in [1.29, 1.82) is 0 Å². The summed E-state index contributed by atoms with van der Waals surface area (Å²) in [6, 6.07) is 9.37. The van der Waals surface area contributed by atoms with Crippen LogP contribution in [0.5, 0.6) is 0 Å². The summed E-state index contributed by atoms with van der Waals surface area (Å²) in [5, 5.41) is 2.85. The van der Waals surface area contributed by atoms with Gasteiger partial charge in [0.2, 0.25) is 15.9 Å². The Balaban J connectivity index is 1.71. The Morgan fingerprint density at radius 2 is 2.09 bits per heavy atom. The van der Waals surface area contributed by atoms with Crippen LogP contribution in [-0.2, 0) is 14.8 Å². The average molecular weight is 342 g/mol. The number of amides is 1. The number of thioether (sulfide) groups is 1. The fourth-order valence-electron chi connectivity index (χ4n) is 2.50. The van der Waals surface area contributed by atoms with Crippen molar-refractivity contribution in [3.8, 4) is 0 Å². The van der Waals surface area contributed by atoms with Crippen LogP contribution in [-0.4, -0.2) is 49.5 Å². The molecule has 0 radical (unpaired) electrons. The summed E-state index contributed by atoms with van der Waals surface area (Å²) in [7, 11) is -3.10. The van der Waals surface area contributed by atoms with Crippen LogP contribution < -0.4 is 5.32 Å². The zero-order chi connectivity index (χ0) is 16.0. The zero-order valence-electron chi connectivity index (χ0n) is 12.7. The molecule has 22 heavy (non-hydrogen) atoms. The number of nitrogens with zero attached hydrogens (tertiary/aromatic N) is 1. The lowest BCUT2D eigenvalue weighted by Gasteiger charge is -2.30. The van der Waals surface area contributed by atoms with Crippen LogP contribution in [0.3, 0.4) is 0 Å². The highest BCUT2D eigenvalue weighted by atomic mass is 32.2. The lowest BCUT2D eigenvalue weighted by molar-refractivity contribution is -0.113. The van der Waals surface area contributed by atoms with Crippen LogP contribution in [0.15, 0.2) is 30.3 Å². The second-order valence-corrected chi connectivity index (χ2v) is 8.57. The molecule has 2 rings (SSSR count). The van der Waals surface area contributed by atoms with Crippen molar-refractivity contribution in [2.45, 2.75) is 12.8 Å². The summed E-state index contributed by atoms with van der Waals surface area (Å²) in [4.78, 5) is 11.8. The minimum absolute atomic E-state index is 0.0213. The van der Waals surface area contributed by atoms with Crippen molar-refractivity contribution in [2.24, 2.45) is 5.92 Å². The number of hydrogen-bond acceptors (Lipinski definition) is 4. The molecule has 1 aromatic carbocycles. The largest absolute Gasteiger partial charge is 0.325 e. The van der Waals surface area contributed by atoms with E-state index >= 15 is 0 Å². The Morgan fingerprint density at radius 1 is 1.36 bits per heavy atom. The van der Waals surface area contributed by atoms with E-state index in [4.69, 9.17) is 0 Å². The molecule has 0 aromatic heterocycles. The molecule has 1 N–H and O–H groups in total. The molecular weight excluding hydrogens is 320 g/mol. The highest BCUT2D eigenvalue weighted by molar-refractivity contribution is 7.99. The highest BCUT2D eigenvalue weighted by Crippen LogP contribution is 2.22. The van der Waals surface area contributed by atoms with E-state index in [1.807, 2.05) is 30.3 Å². The van der Waals surface area contributed by atoms with Crippen molar-refractivity contribution in [1.82, 2.24) is 4.31 Å². The van der Waals surface area contributed by atoms with Gasteiger partial charge in [-0.1, -0.05) is 18.2 Å². The third-order valence-electron chi connectivity index (χ3n) is 3.59. The first-order valence-corrected chi connectivity index (χ1v) is 10.3. The van der Waals surface area contributed by atoms with E-state index < -0.39 is 10.0 Å². The predicted octanol–water partition coefficient (Wildman–Crippen LogP) is 2.03. The first-order valence-electron chi connectivity index (χ1n) is 7.33. The lowest BCUT2D eigenvalue weighted by Crippen LogP contribution is -2.40. The monoisotopic (exact) mass is 342 g/mol. The van der Waals surface area contributed by atoms with E-state index in [9.17, 15) is 13.2 Å². The van der Waals surface area contributed by atoms with E-state index in [0.717, 1.165) is 24.3 Å². The summed E-state index contributed by atoms with van der Waals surface area (Å²) in [6.45, 7) is 1.20. The minimum Gasteiger partial charge on any atom is -0.325 e. The maximum atomic E-state index is 11.8. The number of anilines is 1. The van der Waals surface area contributed by atoms with Crippen LogP contribution in [0.25, 0.3) is 0 Å². The van der Waals surface area contributed by atoms with Crippen LogP contribution in [0.4, 0.5) is 5.69 Å². The first-order chi connectivity index (χ1) is 10.4. The number of carbonyl (C=O) groups is 1. The van der Waals surface area contributed by atoms with E-state index in [-0.39, 0.29) is 5.91 Å². The maximum absolute atomic E-state index is 11.8. The normalized spacial score (nSPS) is 19.8. The second kappa shape index (κ2) is 7.99. The number of nitrogens with one attached hydrogen (secondary N) is 1. The van der Waals surface area contributed by atoms with Crippen molar-refractivity contribution in [3.63, 3.8) is 0 Å². The maximum Gasteiger partial charge on any atom is 0.234 e. The average Bonchev–Trinajstić information content (AvgIpc) is 2.48. The molecule has 7 heteroatoms. The quantitative estimate of drug-likeness (QED) is 0.859. The molecular formula is C15H22N2O3S2. The van der Waals surface area contributed by atoms with Gasteiger partial charge >= 0.3 is 0 Å². The van der Waals surface area contributed by atoms with E-state index in [1.165, 1.54) is 6.26 Å². The van der Waals surface area contributed by atoms with Gasteiger partial charge in [-0.05, 0) is 36.6 Å². The molecule has 0 bridgehead atoms. The van der Waals surface area contributed by atoms with Crippen LogP contribution >= 0.6 is 11.8 Å². The molecule has 1 atom stereocenters. The van der Waals surface area contributed by atoms with Crippen molar-refractivity contribution < 1.29 is 13.2 Å². The molecule has 1 fully saturated rings. The molecule has 1 aliphatic rings. The van der Waals surface area contributed by atoms with Gasteiger partial charge in [0.1, 0.15) is 0 Å². The predicted molar refractivity (Wildman–Crippen MR) is 91.5 cm³/mol. The summed E-state index contributed by atoms with van der Waals surface area (Å²) < 4.78 is 24.7. The molecule has 0 aliphatic carbocycles.